The first-order chi connectivity index (χ1) is 9.20. The number of carbonyl (C=O) groups excluding carboxylic acids is 2. The maximum absolute atomic E-state index is 11.6. The van der Waals surface area contributed by atoms with Crippen molar-refractivity contribution in [3.05, 3.63) is 53.7 Å². The lowest BCUT2D eigenvalue weighted by Gasteiger charge is -2.02. The van der Waals surface area contributed by atoms with Gasteiger partial charge in [0.2, 0.25) is 5.76 Å². The summed E-state index contributed by atoms with van der Waals surface area (Å²) in [6, 6.07) is 6.23. The molecule has 6 nitrogen and oxygen atoms in total. The molecule has 2 aromatic rings. The van der Waals surface area contributed by atoms with Crippen LogP contribution in [0.15, 0.2) is 41.1 Å². The molecule has 0 aliphatic rings. The fraction of sp³-hybridized carbons (Fsp3) is 0.154. The first kappa shape index (κ1) is 12.8. The molecule has 0 fully saturated rings. The molecule has 0 aromatic carbocycles. The number of ether oxygens (including phenoxy) is 2. The van der Waals surface area contributed by atoms with E-state index in [1.54, 1.807) is 24.4 Å². The third-order valence-electron chi connectivity index (χ3n) is 2.29. The van der Waals surface area contributed by atoms with Gasteiger partial charge in [0.15, 0.2) is 0 Å². The minimum Gasteiger partial charge on any atom is -0.463 e. The molecule has 0 radical (unpaired) electrons. The van der Waals surface area contributed by atoms with Crippen LogP contribution >= 0.6 is 0 Å². The molecule has 0 N–H and O–H groups in total. The Hall–Kier alpha value is -2.63. The van der Waals surface area contributed by atoms with E-state index in [1.165, 1.54) is 19.4 Å². The first-order valence-electron chi connectivity index (χ1n) is 5.45. The quantitative estimate of drug-likeness (QED) is 0.781. The first-order valence-corrected chi connectivity index (χ1v) is 5.45. The number of rotatable bonds is 4. The lowest BCUT2D eigenvalue weighted by atomic mass is 10.3. The Morgan fingerprint density at radius 3 is 2.79 bits per heavy atom. The number of nitrogens with zero attached hydrogens (tertiary/aromatic N) is 1. The Labute approximate surface area is 109 Å². The Balaban J connectivity index is 1.94. The van der Waals surface area contributed by atoms with E-state index >= 15 is 0 Å². The van der Waals surface area contributed by atoms with Gasteiger partial charge < -0.3 is 13.9 Å². The van der Waals surface area contributed by atoms with E-state index in [0.29, 0.717) is 11.3 Å². The summed E-state index contributed by atoms with van der Waals surface area (Å²) >= 11 is 0. The van der Waals surface area contributed by atoms with Crippen LogP contribution in [0.1, 0.15) is 26.7 Å². The molecule has 0 amide bonds. The van der Waals surface area contributed by atoms with Crippen LogP contribution in [0.3, 0.4) is 0 Å². The van der Waals surface area contributed by atoms with Gasteiger partial charge in [0.25, 0.3) is 0 Å². The molecular formula is C13H11NO5. The second kappa shape index (κ2) is 5.81. The molecule has 2 aromatic heterocycles. The third kappa shape index (κ3) is 3.19. The highest BCUT2D eigenvalue weighted by Gasteiger charge is 2.13. The Morgan fingerprint density at radius 1 is 1.26 bits per heavy atom. The normalized spacial score (nSPS) is 9.95. The van der Waals surface area contributed by atoms with Gasteiger partial charge in [0.05, 0.1) is 12.7 Å². The number of pyridine rings is 1. The number of esters is 2. The van der Waals surface area contributed by atoms with Gasteiger partial charge in [0.1, 0.15) is 12.4 Å². The van der Waals surface area contributed by atoms with Crippen LogP contribution in [-0.2, 0) is 16.1 Å². The lowest BCUT2D eigenvalue weighted by Crippen LogP contribution is -2.05. The van der Waals surface area contributed by atoms with Crippen LogP contribution in [0.5, 0.6) is 0 Å². The number of furan rings is 1. The molecule has 0 aliphatic heterocycles. The van der Waals surface area contributed by atoms with E-state index in [-0.39, 0.29) is 12.4 Å². The van der Waals surface area contributed by atoms with Gasteiger partial charge in [-0.05, 0) is 24.3 Å². The molecule has 6 heteroatoms. The smallest absolute Gasteiger partial charge is 0.373 e. The molecule has 0 unspecified atom stereocenters. The zero-order chi connectivity index (χ0) is 13.7. The summed E-state index contributed by atoms with van der Waals surface area (Å²) in [4.78, 5) is 26.6. The SMILES string of the molecule is COC(=O)c1ccc(COC(=O)c2cccnc2)o1. The number of hydrogen-bond acceptors (Lipinski definition) is 6. The summed E-state index contributed by atoms with van der Waals surface area (Å²) in [6.07, 6.45) is 2.97. The van der Waals surface area contributed by atoms with E-state index < -0.39 is 11.9 Å². The van der Waals surface area contributed by atoms with E-state index in [1.807, 2.05) is 0 Å². The van der Waals surface area contributed by atoms with E-state index in [0.717, 1.165) is 0 Å². The Morgan fingerprint density at radius 2 is 2.11 bits per heavy atom. The van der Waals surface area contributed by atoms with Gasteiger partial charge in [0, 0.05) is 12.4 Å². The van der Waals surface area contributed by atoms with Crippen molar-refractivity contribution in [3.8, 4) is 0 Å². The molecule has 2 heterocycles. The molecule has 0 atom stereocenters. The van der Waals surface area contributed by atoms with Gasteiger partial charge in [-0.25, -0.2) is 9.59 Å². The second-order valence-corrected chi connectivity index (χ2v) is 3.58. The Kier molecular flexibility index (Phi) is 3.92. The van der Waals surface area contributed by atoms with Crippen LogP contribution in [0.2, 0.25) is 0 Å². The lowest BCUT2D eigenvalue weighted by molar-refractivity contribution is 0.0438. The van der Waals surface area contributed by atoms with Crippen molar-refractivity contribution >= 4 is 11.9 Å². The fourth-order valence-electron chi connectivity index (χ4n) is 1.37. The second-order valence-electron chi connectivity index (χ2n) is 3.58. The number of aromatic nitrogens is 1. The molecule has 0 aliphatic carbocycles. The van der Waals surface area contributed by atoms with Crippen molar-refractivity contribution in [3.63, 3.8) is 0 Å². The van der Waals surface area contributed by atoms with E-state index in [9.17, 15) is 9.59 Å². The molecule has 0 saturated heterocycles. The van der Waals surface area contributed by atoms with Crippen LogP contribution < -0.4 is 0 Å². The van der Waals surface area contributed by atoms with Gasteiger partial charge >= 0.3 is 11.9 Å². The predicted octanol–water partition coefficient (Wildman–Crippen LogP) is 1.82. The van der Waals surface area contributed by atoms with E-state index in [4.69, 9.17) is 9.15 Å². The topological polar surface area (TPSA) is 78.6 Å². The summed E-state index contributed by atoms with van der Waals surface area (Å²) in [5, 5.41) is 0. The fourth-order valence-corrected chi connectivity index (χ4v) is 1.37. The van der Waals surface area contributed by atoms with Gasteiger partial charge in [-0.1, -0.05) is 0 Å². The maximum Gasteiger partial charge on any atom is 0.373 e. The van der Waals surface area contributed by atoms with Crippen molar-refractivity contribution in [2.75, 3.05) is 7.11 Å². The number of methoxy groups -OCH3 is 1. The summed E-state index contributed by atoms with van der Waals surface area (Å²) < 4.78 is 14.7. The minimum absolute atomic E-state index is 0.0647. The summed E-state index contributed by atoms with van der Waals surface area (Å²) in [5.74, 6) is -0.665. The van der Waals surface area contributed by atoms with Crippen LogP contribution in [0, 0.1) is 0 Å². The molecular weight excluding hydrogens is 250 g/mol. The monoisotopic (exact) mass is 261 g/mol. The maximum atomic E-state index is 11.6. The van der Waals surface area contributed by atoms with Crippen molar-refractivity contribution < 1.29 is 23.5 Å². The average Bonchev–Trinajstić information content (AvgIpc) is 2.93. The molecule has 19 heavy (non-hydrogen) atoms. The van der Waals surface area contributed by atoms with Crippen molar-refractivity contribution in [1.29, 1.82) is 0 Å². The molecule has 0 bridgehead atoms. The van der Waals surface area contributed by atoms with Crippen LogP contribution in [0.25, 0.3) is 0 Å². The summed E-state index contributed by atoms with van der Waals surface area (Å²) in [6.45, 7) is -0.0648. The third-order valence-corrected chi connectivity index (χ3v) is 2.29. The largest absolute Gasteiger partial charge is 0.463 e. The van der Waals surface area contributed by atoms with Crippen LogP contribution in [-0.4, -0.2) is 24.0 Å². The van der Waals surface area contributed by atoms with Crippen LogP contribution in [0.4, 0.5) is 0 Å². The highest BCUT2D eigenvalue weighted by Crippen LogP contribution is 2.11. The van der Waals surface area contributed by atoms with Crippen molar-refractivity contribution in [2.24, 2.45) is 0 Å². The Bertz CT molecular complexity index is 576. The highest BCUT2D eigenvalue weighted by molar-refractivity contribution is 5.89. The number of hydrogen-bond donors (Lipinski definition) is 0. The average molecular weight is 261 g/mol. The number of carbonyl (C=O) groups is 2. The van der Waals surface area contributed by atoms with E-state index in [2.05, 4.69) is 9.72 Å². The zero-order valence-electron chi connectivity index (χ0n) is 10.2. The summed E-state index contributed by atoms with van der Waals surface area (Å²) in [7, 11) is 1.26. The molecule has 2 rings (SSSR count). The van der Waals surface area contributed by atoms with Crippen molar-refractivity contribution in [2.45, 2.75) is 6.61 Å². The standard InChI is InChI=1S/C13H11NO5/c1-17-13(16)11-5-4-10(19-11)8-18-12(15)9-3-2-6-14-7-9/h2-7H,8H2,1H3. The predicted molar refractivity (Wildman–Crippen MR) is 63.4 cm³/mol. The molecule has 0 spiro atoms. The molecule has 98 valence electrons. The zero-order valence-corrected chi connectivity index (χ0v) is 10.2. The highest BCUT2D eigenvalue weighted by atomic mass is 16.5. The summed E-state index contributed by atoms with van der Waals surface area (Å²) in [5.41, 5.74) is 0.349. The van der Waals surface area contributed by atoms with Gasteiger partial charge in [-0.2, -0.15) is 0 Å². The van der Waals surface area contributed by atoms with Gasteiger partial charge in [-0.3, -0.25) is 4.98 Å². The molecule has 0 saturated carbocycles. The van der Waals surface area contributed by atoms with Crippen molar-refractivity contribution in [1.82, 2.24) is 4.98 Å². The van der Waals surface area contributed by atoms with Gasteiger partial charge in [-0.15, -0.1) is 0 Å². The minimum atomic E-state index is -0.579.